The lowest BCUT2D eigenvalue weighted by atomic mass is 10.1. The summed E-state index contributed by atoms with van der Waals surface area (Å²) >= 11 is 3.26. The predicted octanol–water partition coefficient (Wildman–Crippen LogP) is 3.14. The molecule has 0 saturated carbocycles. The van der Waals surface area contributed by atoms with Crippen LogP contribution < -0.4 is 0 Å². The molecular formula is C15H13BrN2O2S. The zero-order chi connectivity index (χ0) is 15.5. The van der Waals surface area contributed by atoms with Crippen LogP contribution >= 0.6 is 15.9 Å². The van der Waals surface area contributed by atoms with Gasteiger partial charge in [0.05, 0.1) is 16.5 Å². The molecule has 2 aromatic carbocycles. The van der Waals surface area contributed by atoms with Gasteiger partial charge in [-0.05, 0) is 45.8 Å². The van der Waals surface area contributed by atoms with E-state index in [1.807, 2.05) is 6.07 Å². The molecule has 0 radical (unpaired) electrons. The fraction of sp³-hybridized carbons (Fsp3) is 0.133. The summed E-state index contributed by atoms with van der Waals surface area (Å²) in [6, 6.07) is 15.7. The molecule has 0 unspecified atom stereocenters. The van der Waals surface area contributed by atoms with Gasteiger partial charge in [-0.2, -0.15) is 9.57 Å². The van der Waals surface area contributed by atoms with Gasteiger partial charge in [-0.1, -0.05) is 24.3 Å². The highest BCUT2D eigenvalue weighted by molar-refractivity contribution is 9.10. The number of sulfonamides is 1. The molecule has 108 valence electrons. The minimum Gasteiger partial charge on any atom is -0.207 e. The highest BCUT2D eigenvalue weighted by Gasteiger charge is 2.23. The molecule has 21 heavy (non-hydrogen) atoms. The Morgan fingerprint density at radius 3 is 2.57 bits per heavy atom. The number of nitriles is 1. The zero-order valence-electron chi connectivity index (χ0n) is 11.3. The first kappa shape index (κ1) is 15.7. The van der Waals surface area contributed by atoms with Crippen molar-refractivity contribution >= 4 is 26.0 Å². The van der Waals surface area contributed by atoms with Gasteiger partial charge in [-0.25, -0.2) is 8.42 Å². The van der Waals surface area contributed by atoms with Crippen molar-refractivity contribution in [3.05, 3.63) is 64.1 Å². The second kappa shape index (κ2) is 6.39. The van der Waals surface area contributed by atoms with Crippen molar-refractivity contribution in [1.82, 2.24) is 4.31 Å². The molecular weight excluding hydrogens is 352 g/mol. The number of hydrogen-bond acceptors (Lipinski definition) is 3. The first-order valence-corrected chi connectivity index (χ1v) is 8.38. The van der Waals surface area contributed by atoms with Crippen molar-refractivity contribution in [2.45, 2.75) is 11.4 Å². The summed E-state index contributed by atoms with van der Waals surface area (Å²) in [5.74, 6) is 0. The molecule has 0 atom stereocenters. The Hall–Kier alpha value is -1.68. The lowest BCUT2D eigenvalue weighted by molar-refractivity contribution is 0.466. The van der Waals surface area contributed by atoms with E-state index in [-0.39, 0.29) is 11.4 Å². The monoisotopic (exact) mass is 364 g/mol. The fourth-order valence-corrected chi connectivity index (χ4v) is 4.02. The van der Waals surface area contributed by atoms with Crippen LogP contribution in [0.15, 0.2) is 57.9 Å². The molecule has 0 saturated heterocycles. The van der Waals surface area contributed by atoms with Crippen LogP contribution in [-0.2, 0) is 16.6 Å². The molecule has 0 bridgehead atoms. The van der Waals surface area contributed by atoms with Gasteiger partial charge in [-0.3, -0.25) is 0 Å². The van der Waals surface area contributed by atoms with Crippen LogP contribution in [0.1, 0.15) is 11.1 Å². The van der Waals surface area contributed by atoms with Crippen LogP contribution in [0.3, 0.4) is 0 Å². The normalized spacial score (nSPS) is 11.3. The summed E-state index contributed by atoms with van der Waals surface area (Å²) in [6.07, 6.45) is 0. The van der Waals surface area contributed by atoms with Crippen LogP contribution in [0.4, 0.5) is 0 Å². The number of benzene rings is 2. The van der Waals surface area contributed by atoms with Gasteiger partial charge in [0.2, 0.25) is 10.0 Å². The third-order valence-electron chi connectivity index (χ3n) is 2.99. The Bertz CT molecular complexity index is 797. The number of nitrogens with zero attached hydrogens (tertiary/aromatic N) is 2. The Morgan fingerprint density at radius 1 is 1.19 bits per heavy atom. The zero-order valence-corrected chi connectivity index (χ0v) is 13.7. The molecule has 0 aliphatic heterocycles. The molecule has 0 aliphatic carbocycles. The van der Waals surface area contributed by atoms with E-state index in [1.54, 1.807) is 48.5 Å². The van der Waals surface area contributed by atoms with Crippen LogP contribution in [0.25, 0.3) is 0 Å². The first-order chi connectivity index (χ1) is 9.95. The second-order valence-electron chi connectivity index (χ2n) is 4.50. The molecule has 0 amide bonds. The summed E-state index contributed by atoms with van der Waals surface area (Å²) in [4.78, 5) is 0.226. The smallest absolute Gasteiger partial charge is 0.207 e. The number of halogens is 1. The third-order valence-corrected chi connectivity index (χ3v) is 5.80. The molecule has 0 N–H and O–H groups in total. The predicted molar refractivity (Wildman–Crippen MR) is 84.0 cm³/mol. The quantitative estimate of drug-likeness (QED) is 0.836. The van der Waals surface area contributed by atoms with E-state index >= 15 is 0 Å². The fourth-order valence-electron chi connectivity index (χ4n) is 1.90. The maximum atomic E-state index is 12.5. The molecule has 6 heteroatoms. The molecule has 0 heterocycles. The van der Waals surface area contributed by atoms with Gasteiger partial charge in [0.25, 0.3) is 0 Å². The SMILES string of the molecule is CN(Cc1cccc(C#N)c1)S(=O)(=O)c1ccccc1Br. The van der Waals surface area contributed by atoms with E-state index in [9.17, 15) is 8.42 Å². The lowest BCUT2D eigenvalue weighted by Crippen LogP contribution is -2.26. The number of hydrogen-bond donors (Lipinski definition) is 0. The van der Waals surface area contributed by atoms with Crippen LogP contribution in [-0.4, -0.2) is 19.8 Å². The average molecular weight is 365 g/mol. The van der Waals surface area contributed by atoms with Crippen LogP contribution in [0.2, 0.25) is 0 Å². The van der Waals surface area contributed by atoms with Gasteiger partial charge in [-0.15, -0.1) is 0 Å². The third kappa shape index (κ3) is 3.50. The highest BCUT2D eigenvalue weighted by Crippen LogP contribution is 2.24. The van der Waals surface area contributed by atoms with E-state index in [0.717, 1.165) is 5.56 Å². The average Bonchev–Trinajstić information content (AvgIpc) is 2.47. The first-order valence-electron chi connectivity index (χ1n) is 6.15. The van der Waals surface area contributed by atoms with Crippen LogP contribution in [0.5, 0.6) is 0 Å². The van der Waals surface area contributed by atoms with E-state index in [2.05, 4.69) is 15.9 Å². The van der Waals surface area contributed by atoms with E-state index < -0.39 is 10.0 Å². The van der Waals surface area contributed by atoms with Crippen LogP contribution in [0, 0.1) is 11.3 Å². The van der Waals surface area contributed by atoms with Gasteiger partial charge in [0.1, 0.15) is 0 Å². The molecule has 0 fully saturated rings. The molecule has 2 aromatic rings. The summed E-state index contributed by atoms with van der Waals surface area (Å²) in [5.41, 5.74) is 1.28. The van der Waals surface area contributed by atoms with E-state index in [0.29, 0.717) is 10.0 Å². The highest BCUT2D eigenvalue weighted by atomic mass is 79.9. The van der Waals surface area contributed by atoms with Crippen molar-refractivity contribution < 1.29 is 8.42 Å². The molecule has 2 rings (SSSR count). The Kier molecular flexibility index (Phi) is 4.78. The summed E-state index contributed by atoms with van der Waals surface area (Å²) < 4.78 is 26.9. The molecule has 0 aliphatic rings. The Morgan fingerprint density at radius 2 is 1.90 bits per heavy atom. The molecule has 0 spiro atoms. The number of rotatable bonds is 4. The van der Waals surface area contributed by atoms with Crippen molar-refractivity contribution in [2.75, 3.05) is 7.05 Å². The van der Waals surface area contributed by atoms with Gasteiger partial charge in [0, 0.05) is 18.1 Å². The lowest BCUT2D eigenvalue weighted by Gasteiger charge is -2.18. The van der Waals surface area contributed by atoms with E-state index in [4.69, 9.17) is 5.26 Å². The van der Waals surface area contributed by atoms with Gasteiger partial charge < -0.3 is 0 Å². The minimum atomic E-state index is -3.58. The van der Waals surface area contributed by atoms with Crippen molar-refractivity contribution in [1.29, 1.82) is 5.26 Å². The summed E-state index contributed by atoms with van der Waals surface area (Å²) in [6.45, 7) is 0.208. The second-order valence-corrected chi connectivity index (χ2v) is 7.37. The van der Waals surface area contributed by atoms with E-state index in [1.165, 1.54) is 11.4 Å². The topological polar surface area (TPSA) is 61.2 Å². The summed E-state index contributed by atoms with van der Waals surface area (Å²) in [7, 11) is -2.06. The molecule has 4 nitrogen and oxygen atoms in total. The maximum Gasteiger partial charge on any atom is 0.244 e. The van der Waals surface area contributed by atoms with Gasteiger partial charge >= 0.3 is 0 Å². The van der Waals surface area contributed by atoms with Gasteiger partial charge in [0.15, 0.2) is 0 Å². The molecule has 0 aromatic heterocycles. The Balaban J connectivity index is 2.29. The maximum absolute atomic E-state index is 12.5. The largest absolute Gasteiger partial charge is 0.244 e. The standard InChI is InChI=1S/C15H13BrN2O2S/c1-18(11-13-6-4-5-12(9-13)10-17)21(19,20)15-8-3-2-7-14(15)16/h2-9H,11H2,1H3. The van der Waals surface area contributed by atoms with Crippen molar-refractivity contribution in [3.8, 4) is 6.07 Å². The van der Waals surface area contributed by atoms with Crippen molar-refractivity contribution in [3.63, 3.8) is 0 Å². The Labute approximate surface area is 132 Å². The van der Waals surface area contributed by atoms with Crippen molar-refractivity contribution in [2.24, 2.45) is 0 Å². The minimum absolute atomic E-state index is 0.208. The summed E-state index contributed by atoms with van der Waals surface area (Å²) in [5, 5.41) is 8.88.